The van der Waals surface area contributed by atoms with Gasteiger partial charge in [0.1, 0.15) is 5.75 Å². The van der Waals surface area contributed by atoms with Gasteiger partial charge in [0.15, 0.2) is 0 Å². The molecule has 1 aliphatic heterocycles. The molecule has 0 radical (unpaired) electrons. The third-order valence-electron chi connectivity index (χ3n) is 5.63. The Bertz CT molecular complexity index is 944. The van der Waals surface area contributed by atoms with E-state index in [2.05, 4.69) is 34.7 Å². The fourth-order valence-corrected chi connectivity index (χ4v) is 6.47. The summed E-state index contributed by atoms with van der Waals surface area (Å²) in [4.78, 5) is 13.3. The Morgan fingerprint density at radius 1 is 1.23 bits per heavy atom. The number of anilines is 2. The quantitative estimate of drug-likeness (QED) is 0.313. The average Bonchev–Trinajstić information content (AvgIpc) is 2.81. The van der Waals surface area contributed by atoms with E-state index in [9.17, 15) is 13.9 Å². The van der Waals surface area contributed by atoms with E-state index < -0.39 is 16.6 Å². The molecule has 162 valence electrons. The molecule has 8 heteroatoms. The van der Waals surface area contributed by atoms with Crippen molar-refractivity contribution in [1.29, 1.82) is 0 Å². The summed E-state index contributed by atoms with van der Waals surface area (Å²) in [7, 11) is -3.11. The van der Waals surface area contributed by atoms with Crippen LogP contribution in [-0.4, -0.2) is 32.5 Å². The summed E-state index contributed by atoms with van der Waals surface area (Å²) in [5.74, 6) is -0.550. The van der Waals surface area contributed by atoms with Crippen LogP contribution in [0.1, 0.15) is 26.7 Å². The molecule has 0 unspecified atom stereocenters. The number of benzene rings is 2. The summed E-state index contributed by atoms with van der Waals surface area (Å²) in [6.45, 7) is 4.82. The number of fused-ring (bicyclic) bond motifs is 1. The Kier molecular flexibility index (Phi) is 6.81. The van der Waals surface area contributed by atoms with Crippen molar-refractivity contribution in [3.63, 3.8) is 0 Å². The van der Waals surface area contributed by atoms with Crippen LogP contribution in [0, 0.1) is 5.41 Å². The standard InChI is InChI=1S/C22H26BrNO5S/c1-3-22(4-2)14-24(16-8-6-5-7-9-16)18-12-17(23)19(29-11-10-21(25)26)13-20(18)30(27,28)15-22/h5-13,27-28H,3-4,14-15H2,1-2H3,(H,25,26). The van der Waals surface area contributed by atoms with E-state index >= 15 is 0 Å². The lowest BCUT2D eigenvalue weighted by atomic mass is 9.83. The average molecular weight is 496 g/mol. The number of carbonyl (C=O) groups is 1. The minimum atomic E-state index is -3.11. The van der Waals surface area contributed by atoms with Crippen LogP contribution in [0.4, 0.5) is 11.4 Å². The van der Waals surface area contributed by atoms with E-state index in [4.69, 9.17) is 9.84 Å². The third-order valence-corrected chi connectivity index (χ3v) is 8.30. The smallest absolute Gasteiger partial charge is 0.331 e. The molecule has 0 saturated carbocycles. The molecule has 1 aliphatic rings. The zero-order valence-electron chi connectivity index (χ0n) is 16.9. The molecule has 0 spiro atoms. The number of hydrogen-bond donors (Lipinski definition) is 3. The van der Waals surface area contributed by atoms with E-state index in [0.29, 0.717) is 27.3 Å². The second kappa shape index (κ2) is 9.01. The predicted molar refractivity (Wildman–Crippen MR) is 124 cm³/mol. The first-order chi connectivity index (χ1) is 14.2. The molecule has 0 aromatic heterocycles. The van der Waals surface area contributed by atoms with Crippen LogP contribution >= 0.6 is 26.5 Å². The van der Waals surface area contributed by atoms with Crippen molar-refractivity contribution in [3.8, 4) is 5.75 Å². The molecule has 30 heavy (non-hydrogen) atoms. The van der Waals surface area contributed by atoms with Gasteiger partial charge in [-0.15, -0.1) is 0 Å². The Labute approximate surface area is 186 Å². The first kappa shape index (κ1) is 22.7. The minimum absolute atomic E-state index is 0.259. The highest BCUT2D eigenvalue weighted by atomic mass is 79.9. The maximum absolute atomic E-state index is 11.2. The molecule has 0 atom stereocenters. The van der Waals surface area contributed by atoms with Crippen LogP contribution in [0.2, 0.25) is 0 Å². The molecule has 0 fully saturated rings. The van der Waals surface area contributed by atoms with Crippen LogP contribution < -0.4 is 9.64 Å². The van der Waals surface area contributed by atoms with Crippen molar-refractivity contribution in [2.24, 2.45) is 5.41 Å². The van der Waals surface area contributed by atoms with E-state index in [1.807, 2.05) is 36.4 Å². The van der Waals surface area contributed by atoms with E-state index in [1.54, 1.807) is 6.07 Å². The number of carboxylic acids is 1. The van der Waals surface area contributed by atoms with Gasteiger partial charge in [-0.2, -0.15) is 10.6 Å². The molecule has 0 bridgehead atoms. The second-order valence-corrected chi connectivity index (χ2v) is 10.4. The summed E-state index contributed by atoms with van der Waals surface area (Å²) in [6.07, 6.45) is 3.56. The number of halogens is 1. The molecular weight excluding hydrogens is 470 g/mol. The van der Waals surface area contributed by atoms with Crippen LogP contribution in [0.5, 0.6) is 5.75 Å². The fraction of sp³-hybridized carbons (Fsp3) is 0.318. The van der Waals surface area contributed by atoms with E-state index in [0.717, 1.165) is 30.9 Å². The lowest BCUT2D eigenvalue weighted by Gasteiger charge is -2.40. The van der Waals surface area contributed by atoms with E-state index in [1.165, 1.54) is 0 Å². The van der Waals surface area contributed by atoms with Gasteiger partial charge >= 0.3 is 5.97 Å². The van der Waals surface area contributed by atoms with Crippen LogP contribution in [0.3, 0.4) is 0 Å². The number of ether oxygens (including phenoxy) is 1. The molecular formula is C22H26BrNO5S. The van der Waals surface area contributed by atoms with Gasteiger partial charge in [0.2, 0.25) is 0 Å². The monoisotopic (exact) mass is 495 g/mol. The molecule has 0 aliphatic carbocycles. The fourth-order valence-electron chi connectivity index (χ4n) is 3.74. The van der Waals surface area contributed by atoms with Crippen molar-refractivity contribution in [2.45, 2.75) is 31.6 Å². The van der Waals surface area contributed by atoms with Gasteiger partial charge in [-0.1, -0.05) is 32.0 Å². The molecule has 2 aromatic rings. The third kappa shape index (κ3) is 4.67. The summed E-state index contributed by atoms with van der Waals surface area (Å²) in [6, 6.07) is 13.3. The molecule has 3 rings (SSSR count). The first-order valence-corrected chi connectivity index (χ1v) is 12.2. The van der Waals surface area contributed by atoms with Crippen molar-refractivity contribution in [2.75, 3.05) is 17.2 Å². The zero-order valence-corrected chi connectivity index (χ0v) is 19.3. The van der Waals surface area contributed by atoms with Crippen LogP contribution in [-0.2, 0) is 4.79 Å². The highest BCUT2D eigenvalue weighted by Crippen LogP contribution is 2.61. The topological polar surface area (TPSA) is 90.2 Å². The van der Waals surface area contributed by atoms with Gasteiger partial charge in [-0.25, -0.2) is 4.79 Å². The first-order valence-electron chi connectivity index (χ1n) is 9.69. The maximum Gasteiger partial charge on any atom is 0.331 e. The number of hydrogen-bond acceptors (Lipinski definition) is 5. The molecule has 0 saturated heterocycles. The SMILES string of the molecule is CCC1(CC)CN(c2ccccc2)c2cc(Br)c(OC=CC(=O)O)cc2S(O)(O)C1. The number of para-hydroxylation sites is 1. The predicted octanol–water partition coefficient (Wildman–Crippen LogP) is 6.49. The summed E-state index contributed by atoms with van der Waals surface area (Å²) < 4.78 is 28.5. The van der Waals surface area contributed by atoms with Crippen LogP contribution in [0.15, 0.2) is 64.2 Å². The van der Waals surface area contributed by atoms with Crippen molar-refractivity contribution in [3.05, 3.63) is 59.3 Å². The summed E-state index contributed by atoms with van der Waals surface area (Å²) in [5, 5.41) is 8.78. The summed E-state index contributed by atoms with van der Waals surface area (Å²) >= 11 is 3.48. The minimum Gasteiger partial charge on any atom is -0.478 e. The van der Waals surface area contributed by atoms with Gasteiger partial charge in [-0.05, 0) is 47.0 Å². The number of nitrogens with zero attached hydrogens (tertiary/aromatic N) is 1. The maximum atomic E-state index is 11.2. The Morgan fingerprint density at radius 2 is 1.90 bits per heavy atom. The van der Waals surface area contributed by atoms with Crippen molar-refractivity contribution in [1.82, 2.24) is 0 Å². The van der Waals surface area contributed by atoms with Crippen LogP contribution in [0.25, 0.3) is 0 Å². The lowest BCUT2D eigenvalue weighted by Crippen LogP contribution is -2.36. The van der Waals surface area contributed by atoms with Gasteiger partial charge < -0.3 is 14.7 Å². The Balaban J connectivity index is 2.18. The Morgan fingerprint density at radius 3 is 2.50 bits per heavy atom. The Hall–Kier alpha value is -2.00. The van der Waals surface area contributed by atoms with Crippen molar-refractivity contribution < 1.29 is 23.7 Å². The van der Waals surface area contributed by atoms with Gasteiger partial charge in [-0.3, -0.25) is 9.11 Å². The largest absolute Gasteiger partial charge is 0.478 e. The number of carboxylic acid groups (broad SMARTS) is 1. The number of rotatable bonds is 6. The second-order valence-electron chi connectivity index (χ2n) is 7.45. The number of aliphatic carboxylic acids is 1. The molecule has 1 heterocycles. The molecule has 2 aromatic carbocycles. The molecule has 3 N–H and O–H groups in total. The molecule has 0 amide bonds. The molecule has 6 nitrogen and oxygen atoms in total. The van der Waals surface area contributed by atoms with Crippen molar-refractivity contribution >= 4 is 43.9 Å². The van der Waals surface area contributed by atoms with Gasteiger partial charge in [0.25, 0.3) is 0 Å². The van der Waals surface area contributed by atoms with E-state index in [-0.39, 0.29) is 11.2 Å². The van der Waals surface area contributed by atoms with Gasteiger partial charge in [0, 0.05) is 29.5 Å². The normalized spacial score (nSPS) is 18.5. The highest BCUT2D eigenvalue weighted by molar-refractivity contribution is 9.10. The van der Waals surface area contributed by atoms with Gasteiger partial charge in [0.05, 0.1) is 27.4 Å². The highest BCUT2D eigenvalue weighted by Gasteiger charge is 2.41. The zero-order chi connectivity index (χ0) is 21.9. The summed E-state index contributed by atoms with van der Waals surface area (Å²) in [5.41, 5.74) is 1.39. The lowest BCUT2D eigenvalue weighted by molar-refractivity contribution is -0.131.